The highest BCUT2D eigenvalue weighted by Crippen LogP contribution is 2.30. The van der Waals surface area contributed by atoms with Gasteiger partial charge in [-0.1, -0.05) is 55.9 Å². The smallest absolute Gasteiger partial charge is 0.243 e. The summed E-state index contributed by atoms with van der Waals surface area (Å²) >= 11 is 7.33. The van der Waals surface area contributed by atoms with E-state index in [1.807, 2.05) is 31.4 Å². The fraction of sp³-hybridized carbons (Fsp3) is 0.474. The summed E-state index contributed by atoms with van der Waals surface area (Å²) < 4.78 is 34.5. The lowest BCUT2D eigenvalue weighted by molar-refractivity contribution is 0.159. The van der Waals surface area contributed by atoms with Gasteiger partial charge in [-0.25, -0.2) is 8.42 Å². The maximum Gasteiger partial charge on any atom is 0.243 e. The lowest BCUT2D eigenvalue weighted by Gasteiger charge is -2.20. The maximum absolute atomic E-state index is 12.9. The Hall–Kier alpha value is -1.39. The Labute approximate surface area is 182 Å². The Kier molecular flexibility index (Phi) is 8.72. The highest BCUT2D eigenvalue weighted by Gasteiger charge is 2.24. The van der Waals surface area contributed by atoms with Gasteiger partial charge >= 0.3 is 0 Å². The zero-order chi connectivity index (χ0) is 21.6. The van der Waals surface area contributed by atoms with E-state index in [4.69, 9.17) is 16.3 Å². The Balaban J connectivity index is 2.53. The van der Waals surface area contributed by atoms with E-state index in [1.165, 1.54) is 16.1 Å². The summed E-state index contributed by atoms with van der Waals surface area (Å²) in [7, 11) is -1.94. The predicted octanol–water partition coefficient (Wildman–Crippen LogP) is 4.03. The van der Waals surface area contributed by atoms with Crippen molar-refractivity contribution in [3.8, 4) is 11.4 Å². The molecule has 1 heterocycles. The van der Waals surface area contributed by atoms with Gasteiger partial charge in [-0.3, -0.25) is 4.57 Å². The number of rotatable bonds is 11. The number of aromatic nitrogens is 3. The van der Waals surface area contributed by atoms with Crippen LogP contribution in [0, 0.1) is 0 Å². The molecular weight excluding hydrogens is 432 g/mol. The topological polar surface area (TPSA) is 77.3 Å². The summed E-state index contributed by atoms with van der Waals surface area (Å²) in [5.74, 6) is 1.07. The molecule has 2 aromatic rings. The summed E-state index contributed by atoms with van der Waals surface area (Å²) in [6.07, 6.45) is 0. The van der Waals surface area contributed by atoms with Gasteiger partial charge in [0, 0.05) is 36.5 Å². The van der Waals surface area contributed by atoms with E-state index in [9.17, 15) is 8.42 Å². The van der Waals surface area contributed by atoms with Crippen molar-refractivity contribution >= 4 is 33.4 Å². The van der Waals surface area contributed by atoms with Crippen molar-refractivity contribution in [2.75, 3.05) is 32.6 Å². The number of sulfonamides is 1. The number of thioether (sulfide) groups is 1. The van der Waals surface area contributed by atoms with Crippen LogP contribution in [0.25, 0.3) is 11.4 Å². The fourth-order valence-electron chi connectivity index (χ4n) is 2.94. The van der Waals surface area contributed by atoms with Crippen molar-refractivity contribution in [2.24, 2.45) is 0 Å². The van der Waals surface area contributed by atoms with Gasteiger partial charge in [0.05, 0.1) is 17.5 Å². The van der Waals surface area contributed by atoms with Crippen LogP contribution in [0.3, 0.4) is 0 Å². The Morgan fingerprint density at radius 1 is 1.34 bits per heavy atom. The Morgan fingerprint density at radius 3 is 2.62 bits per heavy atom. The molecule has 0 N–H and O–H groups in total. The van der Waals surface area contributed by atoms with Crippen LogP contribution in [0.2, 0.25) is 0 Å². The average Bonchev–Trinajstić information content (AvgIpc) is 3.11. The predicted molar refractivity (Wildman–Crippen MR) is 118 cm³/mol. The molecule has 10 heteroatoms. The second-order valence-electron chi connectivity index (χ2n) is 6.40. The minimum Gasteiger partial charge on any atom is -0.383 e. The van der Waals surface area contributed by atoms with Crippen LogP contribution >= 0.6 is 23.4 Å². The van der Waals surface area contributed by atoms with Crippen LogP contribution in [0.4, 0.5) is 0 Å². The van der Waals surface area contributed by atoms with Gasteiger partial charge < -0.3 is 4.74 Å². The van der Waals surface area contributed by atoms with Crippen LogP contribution in [-0.4, -0.2) is 60.0 Å². The van der Waals surface area contributed by atoms with Crippen molar-refractivity contribution < 1.29 is 13.2 Å². The zero-order valence-corrected chi connectivity index (χ0v) is 19.5. The Morgan fingerprint density at radius 2 is 2.03 bits per heavy atom. The summed E-state index contributed by atoms with van der Waals surface area (Å²) in [5, 5.41) is 9.80. The number of methoxy groups -OCH3 is 1. The minimum atomic E-state index is -3.57. The molecule has 0 bridgehead atoms. The van der Waals surface area contributed by atoms with Gasteiger partial charge in [-0.05, 0) is 19.1 Å². The maximum atomic E-state index is 12.9. The van der Waals surface area contributed by atoms with Crippen molar-refractivity contribution in [1.29, 1.82) is 0 Å². The number of benzene rings is 1. The highest BCUT2D eigenvalue weighted by atomic mass is 35.5. The highest BCUT2D eigenvalue weighted by molar-refractivity contribution is 7.99. The lowest BCUT2D eigenvalue weighted by atomic mass is 10.2. The quantitative estimate of drug-likeness (QED) is 0.473. The molecule has 0 saturated carbocycles. The molecule has 0 aliphatic rings. The third kappa shape index (κ3) is 5.61. The number of hydrogen-bond acceptors (Lipinski definition) is 6. The lowest BCUT2D eigenvalue weighted by Crippen LogP contribution is -2.30. The number of ether oxygens (including phenoxy) is 1. The van der Waals surface area contributed by atoms with Gasteiger partial charge in [0.1, 0.15) is 0 Å². The second-order valence-corrected chi connectivity index (χ2v) is 9.82. The molecule has 1 atom stereocenters. The van der Waals surface area contributed by atoms with Gasteiger partial charge in [0.25, 0.3) is 0 Å². The number of nitrogens with zero attached hydrogens (tertiary/aromatic N) is 4. The van der Waals surface area contributed by atoms with Gasteiger partial charge in [0.15, 0.2) is 11.0 Å². The molecular formula is C19H27ClN4O3S2. The second kappa shape index (κ2) is 10.6. The summed E-state index contributed by atoms with van der Waals surface area (Å²) in [6.45, 7) is 10.6. The van der Waals surface area contributed by atoms with Crippen LogP contribution in [0.15, 0.2) is 45.9 Å². The first-order valence-electron chi connectivity index (χ1n) is 9.26. The summed E-state index contributed by atoms with van der Waals surface area (Å²) in [6, 6.07) is 6.74. The largest absolute Gasteiger partial charge is 0.383 e. The zero-order valence-electron chi connectivity index (χ0n) is 17.1. The summed E-state index contributed by atoms with van der Waals surface area (Å²) in [4.78, 5) is 0.232. The molecule has 160 valence electrons. The van der Waals surface area contributed by atoms with Crippen LogP contribution in [0.1, 0.15) is 26.8 Å². The van der Waals surface area contributed by atoms with Crippen LogP contribution in [0.5, 0.6) is 0 Å². The molecule has 29 heavy (non-hydrogen) atoms. The van der Waals surface area contributed by atoms with E-state index < -0.39 is 10.0 Å². The van der Waals surface area contributed by atoms with Gasteiger partial charge in [-0.15, -0.1) is 10.2 Å². The van der Waals surface area contributed by atoms with Crippen LogP contribution < -0.4 is 0 Å². The minimum absolute atomic E-state index is 0.0564. The number of halogens is 1. The number of hydrogen-bond donors (Lipinski definition) is 0. The van der Waals surface area contributed by atoms with Crippen molar-refractivity contribution in [3.05, 3.63) is 35.9 Å². The molecule has 0 radical (unpaired) electrons. The van der Waals surface area contributed by atoms with Crippen LogP contribution in [-0.2, 0) is 14.8 Å². The monoisotopic (exact) mass is 458 g/mol. The third-order valence-electron chi connectivity index (χ3n) is 4.31. The van der Waals surface area contributed by atoms with Crippen molar-refractivity contribution in [3.63, 3.8) is 0 Å². The molecule has 0 fully saturated rings. The normalized spacial score (nSPS) is 13.0. The van der Waals surface area contributed by atoms with E-state index in [0.29, 0.717) is 47.0 Å². The fourth-order valence-corrected chi connectivity index (χ4v) is 5.39. The first kappa shape index (κ1) is 23.9. The van der Waals surface area contributed by atoms with E-state index in [0.717, 1.165) is 0 Å². The van der Waals surface area contributed by atoms with Gasteiger partial charge in [-0.2, -0.15) is 4.31 Å². The van der Waals surface area contributed by atoms with Crippen molar-refractivity contribution in [2.45, 2.75) is 36.9 Å². The molecule has 7 nitrogen and oxygen atoms in total. The first-order chi connectivity index (χ1) is 13.8. The molecule has 0 unspecified atom stereocenters. The third-order valence-corrected chi connectivity index (χ3v) is 7.67. The van der Waals surface area contributed by atoms with Crippen molar-refractivity contribution in [1.82, 2.24) is 19.1 Å². The van der Waals surface area contributed by atoms with Gasteiger partial charge in [0.2, 0.25) is 10.0 Å². The average molecular weight is 459 g/mol. The summed E-state index contributed by atoms with van der Waals surface area (Å²) in [5.41, 5.74) is 0.672. The van der Waals surface area contributed by atoms with E-state index >= 15 is 0 Å². The first-order valence-corrected chi connectivity index (χ1v) is 12.1. The molecule has 0 saturated heterocycles. The van der Waals surface area contributed by atoms with E-state index in [2.05, 4.69) is 16.8 Å². The van der Waals surface area contributed by atoms with E-state index in [1.54, 1.807) is 25.3 Å². The Bertz CT molecular complexity index is 943. The molecule has 1 aromatic heterocycles. The molecule has 0 aliphatic carbocycles. The molecule has 2 rings (SSSR count). The van der Waals surface area contributed by atoms with E-state index in [-0.39, 0.29) is 10.9 Å². The SMILES string of the molecule is C=C(Cl)CSc1nnc(-c2cccc(S(=O)(=O)N(CC)CC)c2)n1[C@H](C)COC. The molecule has 0 aliphatic heterocycles. The standard InChI is InChI=1S/C19H27ClN4O3S2/c1-6-23(7-2)29(25,26)17-10-8-9-16(11-17)18-21-22-19(28-13-14(3)20)24(18)15(4)12-27-5/h8-11,15H,3,6-7,12-13H2,1-2,4-5H3/t15-/m1/s1. The molecule has 1 aromatic carbocycles. The molecule has 0 amide bonds. The molecule has 0 spiro atoms.